The summed E-state index contributed by atoms with van der Waals surface area (Å²) in [7, 11) is 3.74. The molecule has 0 bridgehead atoms. The quantitative estimate of drug-likeness (QED) is 0.804. The summed E-state index contributed by atoms with van der Waals surface area (Å²) in [5.41, 5.74) is 3.73. The number of rotatable bonds is 6. The molecule has 0 aliphatic rings. The zero-order valence-electron chi connectivity index (χ0n) is 12.5. The third kappa shape index (κ3) is 3.58. The molecule has 20 heavy (non-hydrogen) atoms. The summed E-state index contributed by atoms with van der Waals surface area (Å²) in [4.78, 5) is 6.63. The molecule has 1 heterocycles. The second-order valence-electron chi connectivity index (χ2n) is 4.87. The Balaban J connectivity index is 2.14. The lowest BCUT2D eigenvalue weighted by molar-refractivity contribution is 0.206. The van der Waals surface area contributed by atoms with Crippen molar-refractivity contribution >= 4 is 5.82 Å². The molecule has 0 radical (unpaired) electrons. The predicted molar refractivity (Wildman–Crippen MR) is 84.2 cm³/mol. The van der Waals surface area contributed by atoms with Gasteiger partial charge in [-0.15, -0.1) is 0 Å². The highest BCUT2D eigenvalue weighted by molar-refractivity contribution is 5.64. The molecule has 2 aromatic rings. The molecule has 1 aromatic heterocycles. The fourth-order valence-electron chi connectivity index (χ4n) is 2.10. The third-order valence-electron chi connectivity index (χ3n) is 3.44. The smallest absolute Gasteiger partial charge is 0.128 e. The number of aromatic nitrogens is 1. The molecule has 2 rings (SSSR count). The van der Waals surface area contributed by atoms with Crippen molar-refractivity contribution in [2.75, 3.05) is 32.2 Å². The molecule has 0 saturated carbocycles. The summed E-state index contributed by atoms with van der Waals surface area (Å²) < 4.78 is 5.08. The summed E-state index contributed by atoms with van der Waals surface area (Å²) in [5, 5.41) is 0. The van der Waals surface area contributed by atoms with Crippen LogP contribution in [0.3, 0.4) is 0 Å². The Labute approximate surface area is 121 Å². The second kappa shape index (κ2) is 7.06. The Morgan fingerprint density at radius 3 is 2.65 bits per heavy atom. The molecule has 1 aromatic carbocycles. The lowest BCUT2D eigenvalue weighted by atomic mass is 10.0. The van der Waals surface area contributed by atoms with Gasteiger partial charge in [-0.25, -0.2) is 4.98 Å². The van der Waals surface area contributed by atoms with Gasteiger partial charge in [-0.1, -0.05) is 31.2 Å². The standard InChI is InChI=1S/C17H22N2O/c1-4-14-6-5-7-15(12-14)16-8-9-17(18-13-16)19(2)10-11-20-3/h5-9,12-13H,4,10-11H2,1-3H3. The van der Waals surface area contributed by atoms with Crippen LogP contribution in [-0.4, -0.2) is 32.3 Å². The number of benzene rings is 1. The molecule has 0 N–H and O–H groups in total. The van der Waals surface area contributed by atoms with Crippen molar-refractivity contribution in [2.24, 2.45) is 0 Å². The Hall–Kier alpha value is -1.87. The average Bonchev–Trinajstić information content (AvgIpc) is 2.52. The maximum absolute atomic E-state index is 5.08. The fraction of sp³-hybridized carbons (Fsp3) is 0.353. The molecular formula is C17H22N2O. The van der Waals surface area contributed by atoms with E-state index >= 15 is 0 Å². The fourth-order valence-corrected chi connectivity index (χ4v) is 2.10. The van der Waals surface area contributed by atoms with Crippen LogP contribution in [-0.2, 0) is 11.2 Å². The van der Waals surface area contributed by atoms with Crippen molar-refractivity contribution in [2.45, 2.75) is 13.3 Å². The van der Waals surface area contributed by atoms with Crippen LogP contribution in [0.15, 0.2) is 42.6 Å². The van der Waals surface area contributed by atoms with Gasteiger partial charge in [-0.3, -0.25) is 0 Å². The first-order valence-electron chi connectivity index (χ1n) is 7.00. The van der Waals surface area contributed by atoms with Gasteiger partial charge in [0.2, 0.25) is 0 Å². The molecule has 3 nitrogen and oxygen atoms in total. The largest absolute Gasteiger partial charge is 0.383 e. The Kier molecular flexibility index (Phi) is 5.13. The predicted octanol–water partition coefficient (Wildman–Crippen LogP) is 3.39. The van der Waals surface area contributed by atoms with Crippen LogP contribution < -0.4 is 4.90 Å². The van der Waals surface area contributed by atoms with Gasteiger partial charge < -0.3 is 9.64 Å². The van der Waals surface area contributed by atoms with E-state index in [1.807, 2.05) is 13.2 Å². The highest BCUT2D eigenvalue weighted by Crippen LogP contribution is 2.21. The van der Waals surface area contributed by atoms with Crippen molar-refractivity contribution in [1.82, 2.24) is 4.98 Å². The Morgan fingerprint density at radius 1 is 1.15 bits per heavy atom. The number of hydrogen-bond donors (Lipinski definition) is 0. The van der Waals surface area contributed by atoms with Crippen molar-refractivity contribution in [3.63, 3.8) is 0 Å². The molecule has 0 spiro atoms. The highest BCUT2D eigenvalue weighted by atomic mass is 16.5. The number of pyridine rings is 1. The van der Waals surface area contributed by atoms with E-state index in [1.54, 1.807) is 7.11 Å². The van der Waals surface area contributed by atoms with Crippen molar-refractivity contribution in [3.8, 4) is 11.1 Å². The van der Waals surface area contributed by atoms with E-state index in [-0.39, 0.29) is 0 Å². The first-order valence-corrected chi connectivity index (χ1v) is 7.00. The van der Waals surface area contributed by atoms with Crippen molar-refractivity contribution < 1.29 is 4.74 Å². The minimum absolute atomic E-state index is 0.707. The normalized spacial score (nSPS) is 10.6. The van der Waals surface area contributed by atoms with Crippen LogP contribution in [0.5, 0.6) is 0 Å². The summed E-state index contributed by atoms with van der Waals surface area (Å²) in [6.45, 7) is 3.72. The van der Waals surface area contributed by atoms with Crippen LogP contribution in [0.25, 0.3) is 11.1 Å². The molecular weight excluding hydrogens is 248 g/mol. The number of aryl methyl sites for hydroxylation is 1. The first kappa shape index (κ1) is 14.5. The molecule has 3 heteroatoms. The van der Waals surface area contributed by atoms with Crippen LogP contribution in [0.2, 0.25) is 0 Å². The lowest BCUT2D eigenvalue weighted by Gasteiger charge is -2.17. The van der Waals surface area contributed by atoms with Gasteiger partial charge in [-0.05, 0) is 29.7 Å². The SMILES string of the molecule is CCc1cccc(-c2ccc(N(C)CCOC)nc2)c1. The topological polar surface area (TPSA) is 25.4 Å². The maximum atomic E-state index is 5.08. The second-order valence-corrected chi connectivity index (χ2v) is 4.87. The molecule has 0 aliphatic carbocycles. The van der Waals surface area contributed by atoms with E-state index < -0.39 is 0 Å². The van der Waals surface area contributed by atoms with E-state index in [4.69, 9.17) is 4.74 Å². The number of ether oxygens (including phenoxy) is 1. The van der Waals surface area contributed by atoms with E-state index in [0.717, 1.165) is 24.3 Å². The van der Waals surface area contributed by atoms with Crippen molar-refractivity contribution in [1.29, 1.82) is 0 Å². The monoisotopic (exact) mass is 270 g/mol. The summed E-state index contributed by atoms with van der Waals surface area (Å²) >= 11 is 0. The molecule has 0 saturated heterocycles. The van der Waals surface area contributed by atoms with Crippen LogP contribution in [0, 0.1) is 0 Å². The van der Waals surface area contributed by atoms with Gasteiger partial charge in [0.05, 0.1) is 6.61 Å². The third-order valence-corrected chi connectivity index (χ3v) is 3.44. The van der Waals surface area contributed by atoms with Crippen molar-refractivity contribution in [3.05, 3.63) is 48.2 Å². The zero-order valence-corrected chi connectivity index (χ0v) is 12.5. The zero-order chi connectivity index (χ0) is 14.4. The minimum atomic E-state index is 0.707. The van der Waals surface area contributed by atoms with Crippen LogP contribution in [0.1, 0.15) is 12.5 Å². The highest BCUT2D eigenvalue weighted by Gasteiger charge is 2.04. The van der Waals surface area contributed by atoms with Gasteiger partial charge in [0.25, 0.3) is 0 Å². The number of hydrogen-bond acceptors (Lipinski definition) is 3. The summed E-state index contributed by atoms with van der Waals surface area (Å²) in [6, 6.07) is 12.8. The number of methoxy groups -OCH3 is 1. The van der Waals surface area contributed by atoms with E-state index in [9.17, 15) is 0 Å². The van der Waals surface area contributed by atoms with Gasteiger partial charge in [0, 0.05) is 32.5 Å². The van der Waals surface area contributed by atoms with Gasteiger partial charge in [-0.2, -0.15) is 0 Å². The molecule has 0 amide bonds. The minimum Gasteiger partial charge on any atom is -0.383 e. The van der Waals surface area contributed by atoms with Gasteiger partial charge in [0.15, 0.2) is 0 Å². The average molecular weight is 270 g/mol. The molecule has 0 aliphatic heterocycles. The van der Waals surface area contributed by atoms with Gasteiger partial charge in [0.1, 0.15) is 5.82 Å². The Bertz CT molecular complexity index is 537. The maximum Gasteiger partial charge on any atom is 0.128 e. The van der Waals surface area contributed by atoms with Gasteiger partial charge >= 0.3 is 0 Å². The van der Waals surface area contributed by atoms with Crippen LogP contribution >= 0.6 is 0 Å². The Morgan fingerprint density at radius 2 is 2.00 bits per heavy atom. The molecule has 0 fully saturated rings. The van der Waals surface area contributed by atoms with Crippen LogP contribution in [0.4, 0.5) is 5.82 Å². The summed E-state index contributed by atoms with van der Waals surface area (Å²) in [6.07, 6.45) is 2.99. The van der Waals surface area contributed by atoms with E-state index in [0.29, 0.717) is 6.61 Å². The number of nitrogens with zero attached hydrogens (tertiary/aromatic N) is 2. The van der Waals surface area contributed by atoms with E-state index in [2.05, 4.69) is 53.2 Å². The summed E-state index contributed by atoms with van der Waals surface area (Å²) in [5.74, 6) is 0.970. The van der Waals surface area contributed by atoms with E-state index in [1.165, 1.54) is 11.1 Å². The molecule has 0 unspecified atom stereocenters. The molecule has 0 atom stereocenters. The number of anilines is 1. The lowest BCUT2D eigenvalue weighted by Crippen LogP contribution is -2.22. The number of likely N-dealkylation sites (N-methyl/N-ethyl adjacent to an activating group) is 1. The molecule has 106 valence electrons. The first-order chi connectivity index (χ1) is 9.74.